The van der Waals surface area contributed by atoms with Crippen molar-refractivity contribution in [2.24, 2.45) is 0 Å². The number of amides is 2. The lowest BCUT2D eigenvalue weighted by Crippen LogP contribution is -2.46. The van der Waals surface area contributed by atoms with Gasteiger partial charge in [0, 0.05) is 23.8 Å². The molecule has 0 spiro atoms. The summed E-state index contributed by atoms with van der Waals surface area (Å²) in [6, 6.07) is 66.9. The van der Waals surface area contributed by atoms with Crippen molar-refractivity contribution in [2.45, 2.75) is 42.9 Å². The van der Waals surface area contributed by atoms with Crippen LogP contribution in [-0.4, -0.2) is 93.0 Å². The van der Waals surface area contributed by atoms with Crippen molar-refractivity contribution in [3.63, 3.8) is 0 Å². The lowest BCUT2D eigenvalue weighted by Gasteiger charge is -2.22. The minimum Gasteiger partial charge on any atom is -0.467 e. The average Bonchev–Trinajstić information content (AvgIpc) is 3.09. The van der Waals surface area contributed by atoms with Crippen molar-refractivity contribution in [2.75, 3.05) is 34.5 Å². The van der Waals surface area contributed by atoms with Gasteiger partial charge in [-0.2, -0.15) is 0 Å². The predicted molar refractivity (Wildman–Crippen MR) is 316 cm³/mol. The summed E-state index contributed by atoms with van der Waals surface area (Å²) in [6.45, 7) is 2.05. The number of esters is 3. The van der Waals surface area contributed by atoms with Crippen molar-refractivity contribution in [1.29, 1.82) is 0 Å². The molecule has 2 aliphatic carbocycles. The first-order chi connectivity index (χ1) is 40.8. The minimum atomic E-state index is -1.29. The van der Waals surface area contributed by atoms with Crippen LogP contribution in [0.5, 0.6) is 0 Å². The molecule has 4 atom stereocenters. The van der Waals surface area contributed by atoms with Crippen molar-refractivity contribution in [3.05, 3.63) is 269 Å². The van der Waals surface area contributed by atoms with Gasteiger partial charge in [0.2, 0.25) is 0 Å². The number of hydroxylamine groups is 1. The van der Waals surface area contributed by atoms with E-state index in [1.54, 1.807) is 73.7 Å². The number of aliphatic hydroxyl groups is 2. The molecule has 0 bridgehead atoms. The second kappa shape index (κ2) is 31.2. The Morgan fingerprint density at radius 1 is 0.476 bits per heavy atom. The number of rotatable bonds is 14. The molecule has 0 saturated carbocycles. The van der Waals surface area contributed by atoms with Crippen molar-refractivity contribution >= 4 is 42.1 Å². The Kier molecular flexibility index (Phi) is 22.8. The maximum absolute atomic E-state index is 12.5. The number of hydrogen-bond donors (Lipinski definition) is 4. The van der Waals surface area contributed by atoms with E-state index in [2.05, 4.69) is 39.1 Å². The number of methoxy groups -OCH3 is 3. The molecule has 16 nitrogen and oxygen atoms in total. The molecule has 0 aliphatic heterocycles. The van der Waals surface area contributed by atoms with Gasteiger partial charge < -0.3 is 44.1 Å². The molecule has 10 rings (SSSR count). The third kappa shape index (κ3) is 16.5. The molecule has 0 heterocycles. The summed E-state index contributed by atoms with van der Waals surface area (Å²) in [4.78, 5) is 75.0. The first-order valence-electron chi connectivity index (χ1n) is 26.7. The average molecular weight is 1130 g/mol. The van der Waals surface area contributed by atoms with Gasteiger partial charge in [0.05, 0.1) is 26.9 Å². The summed E-state index contributed by atoms with van der Waals surface area (Å²) in [5, 5.41) is 22.6. The van der Waals surface area contributed by atoms with Gasteiger partial charge in [-0.05, 0) is 79.4 Å². The van der Waals surface area contributed by atoms with E-state index in [-0.39, 0.29) is 36.9 Å². The van der Waals surface area contributed by atoms with Crippen LogP contribution >= 0.6 is 0 Å². The van der Waals surface area contributed by atoms with Gasteiger partial charge in [-0.1, -0.05) is 213 Å². The van der Waals surface area contributed by atoms with E-state index in [4.69, 9.17) is 19.0 Å². The van der Waals surface area contributed by atoms with E-state index in [1.165, 1.54) is 27.4 Å². The highest BCUT2D eigenvalue weighted by Crippen LogP contribution is 2.46. The number of aliphatic hydroxyl groups excluding tert-OH is 2. The van der Waals surface area contributed by atoms with Crippen LogP contribution in [0.4, 0.5) is 9.59 Å². The van der Waals surface area contributed by atoms with Gasteiger partial charge >= 0.3 is 36.1 Å². The summed E-state index contributed by atoms with van der Waals surface area (Å²) in [6.07, 6.45) is -0.855. The van der Waals surface area contributed by atoms with Crippen LogP contribution in [0.25, 0.3) is 28.3 Å². The zero-order valence-electron chi connectivity index (χ0n) is 46.6. The van der Waals surface area contributed by atoms with Gasteiger partial charge in [-0.25, -0.2) is 28.8 Å². The molecule has 0 fully saturated rings. The number of fused-ring (bicyclic) bond motifs is 6. The van der Waals surface area contributed by atoms with E-state index >= 15 is 0 Å². The fraction of sp³-hybridized carbons (Fsp3) is 0.176. The Morgan fingerprint density at radius 2 is 0.869 bits per heavy atom. The monoisotopic (exact) mass is 1130 g/mol. The Bertz CT molecular complexity index is 3400. The van der Waals surface area contributed by atoms with Gasteiger partial charge in [0.25, 0.3) is 0 Å². The number of hydrogen-bond acceptors (Lipinski definition) is 14. The highest BCUT2D eigenvalue weighted by atomic mass is 16.7. The first-order valence-corrected chi connectivity index (χ1v) is 26.7. The lowest BCUT2D eigenvalue weighted by atomic mass is 9.95. The molecule has 430 valence electrons. The van der Waals surface area contributed by atoms with Crippen molar-refractivity contribution in [3.8, 4) is 22.3 Å². The maximum atomic E-state index is 12.5. The summed E-state index contributed by atoms with van der Waals surface area (Å²) in [5.41, 5.74) is 13.7. The van der Waals surface area contributed by atoms with Gasteiger partial charge in [-0.3, -0.25) is 0 Å². The van der Waals surface area contributed by atoms with Gasteiger partial charge in [-0.15, -0.1) is 5.48 Å². The van der Waals surface area contributed by atoms with Gasteiger partial charge in [0.1, 0.15) is 19.3 Å². The Morgan fingerprint density at radius 3 is 1.31 bits per heavy atom. The van der Waals surface area contributed by atoms with Crippen LogP contribution in [-0.2, 0) is 42.9 Å². The molecular formula is C68H64N2O14. The summed E-state index contributed by atoms with van der Waals surface area (Å²) < 4.78 is 24.5. The third-order valence-corrected chi connectivity index (χ3v) is 13.8. The standard InChI is InChI=1S/C25H23NO5.C22H17NO4.C11H14O3.C10H10O2/c1-30-24(28)22(23(27)16-9-3-2-4-10-16)26-25(29)31-15-21-19-13-7-5-11-17(19)18-12-6-8-14-20(18)21;24-21(15-8-2-1-3-9-15)27-23-22(25)26-14-20-18-12-6-4-10-16(18)17-11-5-7-13-19(17)20;1-8(10(12)11(13)14-2)9-6-4-3-5-7-9;1-12-10(11)8-7-9-5-3-2-4-6-9/h2-14,21-23,27H,15H2,1H3,(H,26,29);1-13,20H,14H2,(H,23,25);3-8,10,12H,1-2H3;2-8H,1H3/b;;;8-7+/t22-,23+;;8-,10+;/m0.1./s1. The molecule has 0 aromatic heterocycles. The van der Waals surface area contributed by atoms with Crippen molar-refractivity contribution < 1.29 is 67.5 Å². The molecular weight excluding hydrogens is 1070 g/mol. The maximum Gasteiger partial charge on any atom is 0.440 e. The number of alkyl carbamates (subject to hydrolysis) is 1. The number of carbonyl (C=O) groups excluding carboxylic acids is 6. The largest absolute Gasteiger partial charge is 0.467 e. The van der Waals surface area contributed by atoms with Crippen LogP contribution in [0.1, 0.15) is 80.1 Å². The predicted octanol–water partition coefficient (Wildman–Crippen LogP) is 11.3. The Hall–Kier alpha value is -10.2. The highest BCUT2D eigenvalue weighted by molar-refractivity contribution is 5.90. The number of ether oxygens (including phenoxy) is 5. The summed E-state index contributed by atoms with van der Waals surface area (Å²) in [5.74, 6) is -2.74. The zero-order chi connectivity index (χ0) is 59.8. The van der Waals surface area contributed by atoms with Crippen LogP contribution in [0.2, 0.25) is 0 Å². The number of carbonyl (C=O) groups is 6. The van der Waals surface area contributed by atoms with Crippen LogP contribution in [0, 0.1) is 0 Å². The second-order valence-electron chi connectivity index (χ2n) is 18.9. The molecule has 0 unspecified atom stereocenters. The van der Waals surface area contributed by atoms with Crippen molar-refractivity contribution in [1.82, 2.24) is 10.8 Å². The second-order valence-corrected chi connectivity index (χ2v) is 18.9. The Labute approximate surface area is 487 Å². The number of benzene rings is 8. The van der Waals surface area contributed by atoms with Crippen LogP contribution in [0.3, 0.4) is 0 Å². The van der Waals surface area contributed by atoms with Crippen LogP contribution < -0.4 is 10.8 Å². The Balaban J connectivity index is 0.000000173. The van der Waals surface area contributed by atoms with Crippen LogP contribution in [0.15, 0.2) is 224 Å². The first kappa shape index (κ1) is 61.5. The fourth-order valence-corrected chi connectivity index (χ4v) is 9.41. The molecule has 16 heteroatoms. The third-order valence-electron chi connectivity index (χ3n) is 13.8. The molecule has 0 radical (unpaired) electrons. The number of nitrogens with one attached hydrogen (secondary N) is 2. The molecule has 8 aromatic rings. The minimum absolute atomic E-state index is 0.0482. The van der Waals surface area contributed by atoms with E-state index in [1.807, 2.05) is 139 Å². The topological polar surface area (TPSA) is 222 Å². The molecule has 2 amide bonds. The van der Waals surface area contributed by atoms with E-state index in [0.717, 1.165) is 55.6 Å². The van der Waals surface area contributed by atoms with E-state index in [0.29, 0.717) is 11.1 Å². The quantitative estimate of drug-likeness (QED) is 0.0344. The summed E-state index contributed by atoms with van der Waals surface area (Å²) >= 11 is 0. The molecule has 84 heavy (non-hydrogen) atoms. The fourth-order valence-electron chi connectivity index (χ4n) is 9.41. The lowest BCUT2D eigenvalue weighted by molar-refractivity contribution is -0.151. The molecule has 0 saturated heterocycles. The zero-order valence-corrected chi connectivity index (χ0v) is 46.6. The molecule has 4 N–H and O–H groups in total. The SMILES string of the molecule is COC(=O)/C=C/c1ccccc1.COC(=O)[C@@H](NC(=O)OCC1c2ccccc2-c2ccccc21)[C@H](O)c1ccccc1.COC(=O)[C@@H](O)[C@H](C)c1ccccc1.O=C(NOC(=O)c1ccccc1)OCC1c2ccccc2-c2ccccc21. The normalized spacial score (nSPS) is 12.9. The highest BCUT2D eigenvalue weighted by Gasteiger charge is 2.34. The van der Waals surface area contributed by atoms with E-state index in [9.17, 15) is 39.0 Å². The van der Waals surface area contributed by atoms with E-state index < -0.39 is 48.3 Å². The molecule has 2 aliphatic rings. The summed E-state index contributed by atoms with van der Waals surface area (Å²) in [7, 11) is 3.83. The molecule has 8 aromatic carbocycles. The van der Waals surface area contributed by atoms with Gasteiger partial charge in [0.15, 0.2) is 12.1 Å². The smallest absolute Gasteiger partial charge is 0.440 e.